The van der Waals surface area contributed by atoms with Gasteiger partial charge < -0.3 is 4.42 Å². The van der Waals surface area contributed by atoms with Crippen molar-refractivity contribution >= 4 is 34.3 Å². The zero-order valence-corrected chi connectivity index (χ0v) is 17.6. The molecule has 0 unspecified atom stereocenters. The van der Waals surface area contributed by atoms with Gasteiger partial charge in [-0.2, -0.15) is 13.2 Å². The second kappa shape index (κ2) is 8.82. The van der Waals surface area contributed by atoms with Gasteiger partial charge in [-0.25, -0.2) is 9.97 Å². The van der Waals surface area contributed by atoms with Gasteiger partial charge in [0.1, 0.15) is 5.69 Å². The number of amides is 2. The van der Waals surface area contributed by atoms with Crippen LogP contribution in [0.5, 0.6) is 0 Å². The van der Waals surface area contributed by atoms with E-state index < -0.39 is 23.6 Å². The van der Waals surface area contributed by atoms with Crippen molar-refractivity contribution in [2.75, 3.05) is 17.3 Å². The van der Waals surface area contributed by atoms with Gasteiger partial charge in [0.15, 0.2) is 5.13 Å². The van der Waals surface area contributed by atoms with E-state index in [1.54, 1.807) is 23.7 Å². The SMILES string of the molecule is CN(C(=O)c1ccc(C(F)(F)F)cc1)c1ncc(C(=O)Nc2nc(-c3ccccn3)cs2)o1. The van der Waals surface area contributed by atoms with Crippen LogP contribution in [0, 0.1) is 0 Å². The van der Waals surface area contributed by atoms with Crippen molar-refractivity contribution in [1.82, 2.24) is 15.0 Å². The minimum Gasteiger partial charge on any atom is -0.418 e. The number of nitrogens with zero attached hydrogens (tertiary/aromatic N) is 4. The topological polar surface area (TPSA) is 101 Å². The normalized spacial score (nSPS) is 11.3. The molecule has 0 aliphatic carbocycles. The van der Waals surface area contributed by atoms with E-state index in [4.69, 9.17) is 4.42 Å². The fourth-order valence-corrected chi connectivity index (χ4v) is 3.43. The Bertz CT molecular complexity index is 1290. The lowest BCUT2D eigenvalue weighted by Gasteiger charge is -2.13. The maximum atomic E-state index is 12.7. The van der Waals surface area contributed by atoms with Crippen molar-refractivity contribution in [1.29, 1.82) is 0 Å². The number of oxazole rings is 1. The molecule has 4 rings (SSSR count). The predicted octanol–water partition coefficient (Wildman–Crippen LogP) is 4.74. The average Bonchev–Trinajstić information content (AvgIpc) is 3.48. The molecule has 0 aliphatic rings. The van der Waals surface area contributed by atoms with E-state index in [1.807, 2.05) is 6.07 Å². The summed E-state index contributed by atoms with van der Waals surface area (Å²) < 4.78 is 43.5. The molecule has 0 saturated heterocycles. The number of hydrogen-bond acceptors (Lipinski definition) is 7. The van der Waals surface area contributed by atoms with Crippen LogP contribution in [0.4, 0.5) is 24.3 Å². The monoisotopic (exact) mass is 473 g/mol. The van der Waals surface area contributed by atoms with Crippen molar-refractivity contribution in [2.45, 2.75) is 6.18 Å². The van der Waals surface area contributed by atoms with Gasteiger partial charge in [0.2, 0.25) is 5.76 Å². The van der Waals surface area contributed by atoms with Crippen LogP contribution in [0.3, 0.4) is 0 Å². The zero-order valence-electron chi connectivity index (χ0n) is 16.8. The largest absolute Gasteiger partial charge is 0.418 e. The van der Waals surface area contributed by atoms with Gasteiger partial charge in [0, 0.05) is 24.2 Å². The van der Waals surface area contributed by atoms with Crippen molar-refractivity contribution in [3.8, 4) is 11.4 Å². The highest BCUT2D eigenvalue weighted by Gasteiger charge is 2.30. The molecule has 0 aliphatic heterocycles. The molecule has 0 spiro atoms. The van der Waals surface area contributed by atoms with E-state index >= 15 is 0 Å². The molecule has 0 saturated carbocycles. The molecule has 1 N–H and O–H groups in total. The van der Waals surface area contributed by atoms with Crippen LogP contribution in [0.2, 0.25) is 0 Å². The standard InChI is InChI=1S/C21H14F3N5O3S/c1-29(18(31)12-5-7-13(8-6-12)21(22,23)24)20-26-10-16(32-20)17(30)28-19-27-15(11-33-19)14-4-2-3-9-25-14/h2-11H,1H3,(H,27,28,30). The Balaban J connectivity index is 1.43. The van der Waals surface area contributed by atoms with Crippen LogP contribution < -0.4 is 10.2 Å². The first-order valence-corrected chi connectivity index (χ1v) is 10.2. The summed E-state index contributed by atoms with van der Waals surface area (Å²) in [5, 5.41) is 4.63. The Hall–Kier alpha value is -4.06. The summed E-state index contributed by atoms with van der Waals surface area (Å²) in [4.78, 5) is 38.4. The number of rotatable bonds is 5. The molecule has 168 valence electrons. The Morgan fingerprint density at radius 1 is 1.06 bits per heavy atom. The maximum absolute atomic E-state index is 12.7. The highest BCUT2D eigenvalue weighted by molar-refractivity contribution is 7.14. The lowest BCUT2D eigenvalue weighted by Crippen LogP contribution is -2.26. The van der Waals surface area contributed by atoms with Gasteiger partial charge in [0.25, 0.3) is 11.8 Å². The van der Waals surface area contributed by atoms with E-state index in [2.05, 4.69) is 20.3 Å². The molecule has 33 heavy (non-hydrogen) atoms. The molecule has 0 fully saturated rings. The number of halogens is 3. The molecule has 1 aromatic carbocycles. The summed E-state index contributed by atoms with van der Waals surface area (Å²) in [6.45, 7) is 0. The zero-order chi connectivity index (χ0) is 23.6. The van der Waals surface area contributed by atoms with Crippen molar-refractivity contribution in [3.63, 3.8) is 0 Å². The number of aromatic nitrogens is 3. The fraction of sp³-hybridized carbons (Fsp3) is 0.0952. The van der Waals surface area contributed by atoms with E-state index in [-0.39, 0.29) is 17.3 Å². The summed E-state index contributed by atoms with van der Waals surface area (Å²) in [5.74, 6) is -1.46. The van der Waals surface area contributed by atoms with Gasteiger partial charge in [0.05, 0.1) is 17.5 Å². The number of thiazole rings is 1. The summed E-state index contributed by atoms with van der Waals surface area (Å²) in [5.41, 5.74) is 0.375. The molecular weight excluding hydrogens is 459 g/mol. The van der Waals surface area contributed by atoms with Crippen LogP contribution in [-0.2, 0) is 6.18 Å². The van der Waals surface area contributed by atoms with Gasteiger partial charge in [-0.1, -0.05) is 6.07 Å². The van der Waals surface area contributed by atoms with Crippen LogP contribution in [0.1, 0.15) is 26.5 Å². The number of carbonyl (C=O) groups excluding carboxylic acids is 2. The minimum absolute atomic E-state index is 0.000428. The molecule has 4 aromatic rings. The third kappa shape index (κ3) is 4.90. The predicted molar refractivity (Wildman–Crippen MR) is 114 cm³/mol. The van der Waals surface area contributed by atoms with E-state index in [0.717, 1.165) is 35.4 Å². The van der Waals surface area contributed by atoms with Gasteiger partial charge in [-0.15, -0.1) is 11.3 Å². The molecule has 0 atom stereocenters. The van der Waals surface area contributed by atoms with Gasteiger partial charge >= 0.3 is 12.2 Å². The molecule has 3 aromatic heterocycles. The van der Waals surface area contributed by atoms with Crippen molar-refractivity contribution in [2.24, 2.45) is 0 Å². The number of carbonyl (C=O) groups is 2. The molecule has 0 radical (unpaired) electrons. The van der Waals surface area contributed by atoms with Crippen LogP contribution in [0.25, 0.3) is 11.4 Å². The van der Waals surface area contributed by atoms with E-state index in [9.17, 15) is 22.8 Å². The highest BCUT2D eigenvalue weighted by atomic mass is 32.1. The molecular formula is C21H14F3N5O3S. The highest BCUT2D eigenvalue weighted by Crippen LogP contribution is 2.29. The number of anilines is 2. The molecule has 8 nitrogen and oxygen atoms in total. The average molecular weight is 473 g/mol. The molecule has 12 heteroatoms. The molecule has 3 heterocycles. The first kappa shape index (κ1) is 22.1. The third-order valence-corrected chi connectivity index (χ3v) is 5.18. The molecule has 0 bridgehead atoms. The first-order valence-electron chi connectivity index (χ1n) is 9.32. The fourth-order valence-electron chi connectivity index (χ4n) is 2.73. The Morgan fingerprint density at radius 3 is 2.48 bits per heavy atom. The quantitative estimate of drug-likeness (QED) is 0.449. The number of hydrogen-bond donors (Lipinski definition) is 1. The summed E-state index contributed by atoms with van der Waals surface area (Å²) in [6.07, 6.45) is -1.74. The second-order valence-electron chi connectivity index (χ2n) is 6.65. The van der Waals surface area contributed by atoms with Crippen molar-refractivity contribution in [3.05, 3.63) is 77.1 Å². The van der Waals surface area contributed by atoms with Gasteiger partial charge in [-0.3, -0.25) is 24.8 Å². The van der Waals surface area contributed by atoms with Crippen LogP contribution >= 0.6 is 11.3 Å². The summed E-state index contributed by atoms with van der Waals surface area (Å²) in [6, 6.07) is 8.91. The van der Waals surface area contributed by atoms with Crippen LogP contribution in [-0.4, -0.2) is 33.8 Å². The smallest absolute Gasteiger partial charge is 0.416 e. The lowest BCUT2D eigenvalue weighted by atomic mass is 10.1. The lowest BCUT2D eigenvalue weighted by molar-refractivity contribution is -0.137. The third-order valence-electron chi connectivity index (χ3n) is 4.42. The molecule has 2 amide bonds. The minimum atomic E-state index is -4.51. The second-order valence-corrected chi connectivity index (χ2v) is 7.51. The number of nitrogens with one attached hydrogen (secondary N) is 1. The number of benzene rings is 1. The van der Waals surface area contributed by atoms with Crippen LogP contribution in [0.15, 0.2) is 64.7 Å². The summed E-state index contributed by atoms with van der Waals surface area (Å²) in [7, 11) is 1.33. The van der Waals surface area contributed by atoms with Gasteiger partial charge in [-0.05, 0) is 36.4 Å². The number of pyridine rings is 1. The Morgan fingerprint density at radius 2 is 1.82 bits per heavy atom. The Labute approximate surface area is 188 Å². The van der Waals surface area contributed by atoms with E-state index in [0.29, 0.717) is 16.5 Å². The Kier molecular flexibility index (Phi) is 5.92. The van der Waals surface area contributed by atoms with E-state index in [1.165, 1.54) is 18.4 Å². The number of alkyl halides is 3. The van der Waals surface area contributed by atoms with Crippen molar-refractivity contribution < 1.29 is 27.2 Å². The first-order chi connectivity index (χ1) is 15.7. The maximum Gasteiger partial charge on any atom is 0.416 e. The summed E-state index contributed by atoms with van der Waals surface area (Å²) >= 11 is 1.20.